The minimum Gasteiger partial charge on any atom is -0.330 e. The minimum absolute atomic E-state index is 0.00890. The molecule has 0 radical (unpaired) electrons. The number of hydrogen-bond donors (Lipinski definition) is 0. The molecule has 230 valence electrons. The largest absolute Gasteiger partial charge is 0.419 e. The number of tetrazole rings is 1. The Balaban J connectivity index is 1.62. The van der Waals surface area contributed by atoms with Gasteiger partial charge in [0, 0.05) is 25.5 Å². The van der Waals surface area contributed by atoms with Crippen LogP contribution in [0, 0.1) is 0 Å². The van der Waals surface area contributed by atoms with Crippen molar-refractivity contribution in [2.24, 2.45) is 7.05 Å². The molecule has 0 bridgehead atoms. The molecule has 0 atom stereocenters. The van der Waals surface area contributed by atoms with Gasteiger partial charge in [0.05, 0.1) is 29.4 Å². The van der Waals surface area contributed by atoms with Crippen LogP contribution in [0.15, 0.2) is 79.1 Å². The second-order valence-electron chi connectivity index (χ2n) is 9.65. The van der Waals surface area contributed by atoms with Gasteiger partial charge in [-0.05, 0) is 57.8 Å². The van der Waals surface area contributed by atoms with Crippen LogP contribution in [-0.4, -0.2) is 30.0 Å². The number of rotatable bonds is 7. The number of aryl methyl sites for hydroxylation is 1. The summed E-state index contributed by atoms with van der Waals surface area (Å²) >= 11 is 0. The molecule has 5 aromatic rings. The van der Waals surface area contributed by atoms with E-state index in [-0.39, 0.29) is 46.5 Å². The lowest BCUT2D eigenvalue weighted by atomic mass is 9.93. The number of benzene rings is 3. The quantitative estimate of drug-likeness (QED) is 0.177. The Labute approximate surface area is 243 Å². The molecule has 0 saturated heterocycles. The number of nitrogens with zero attached hydrogens (tertiary/aromatic N) is 7. The van der Waals surface area contributed by atoms with E-state index < -0.39 is 41.8 Å². The van der Waals surface area contributed by atoms with Crippen LogP contribution in [0.1, 0.15) is 27.8 Å². The molecule has 0 aliphatic carbocycles. The van der Waals surface area contributed by atoms with Gasteiger partial charge in [0.2, 0.25) is 0 Å². The third-order valence-corrected chi connectivity index (χ3v) is 6.55. The molecule has 0 amide bonds. The van der Waals surface area contributed by atoms with Crippen LogP contribution in [0.3, 0.4) is 0 Å². The normalized spacial score (nSPS) is 12.5. The fourth-order valence-corrected chi connectivity index (χ4v) is 4.72. The van der Waals surface area contributed by atoms with E-state index in [1.54, 1.807) is 0 Å². The van der Waals surface area contributed by atoms with E-state index in [1.807, 2.05) is 0 Å². The summed E-state index contributed by atoms with van der Waals surface area (Å²) in [7, 11) is 1.39. The second-order valence-corrected chi connectivity index (χ2v) is 9.65. The Morgan fingerprint density at radius 1 is 0.727 bits per heavy atom. The summed E-state index contributed by atoms with van der Waals surface area (Å²) in [6.07, 6.45) is -12.3. The van der Waals surface area contributed by atoms with Crippen molar-refractivity contribution in [1.29, 1.82) is 0 Å². The molecule has 0 fully saturated rings. The monoisotopic (exact) mass is 625 g/mol. The maximum atomic E-state index is 14.5. The first kappa shape index (κ1) is 30.6. The van der Waals surface area contributed by atoms with Crippen molar-refractivity contribution in [3.8, 4) is 16.8 Å². The lowest BCUT2D eigenvalue weighted by Crippen LogP contribution is -2.25. The van der Waals surface area contributed by atoms with Crippen LogP contribution in [-0.2, 0) is 38.7 Å². The average Bonchev–Trinajstić information content (AvgIpc) is 3.63. The van der Waals surface area contributed by atoms with E-state index in [0.717, 1.165) is 9.48 Å². The van der Waals surface area contributed by atoms with Gasteiger partial charge in [-0.3, -0.25) is 0 Å². The highest BCUT2D eigenvalue weighted by Crippen LogP contribution is 2.42. The molecule has 44 heavy (non-hydrogen) atoms. The van der Waals surface area contributed by atoms with Crippen LogP contribution >= 0.6 is 0 Å². The number of anilines is 1. The van der Waals surface area contributed by atoms with Crippen molar-refractivity contribution in [2.45, 2.75) is 31.6 Å². The van der Waals surface area contributed by atoms with E-state index in [4.69, 9.17) is 0 Å². The zero-order valence-corrected chi connectivity index (χ0v) is 22.5. The zero-order valence-electron chi connectivity index (χ0n) is 22.5. The molecule has 0 aliphatic rings. The Bertz CT molecular complexity index is 1720. The Morgan fingerprint density at radius 3 is 1.95 bits per heavy atom. The molecular formula is C28H20F9N7. The smallest absolute Gasteiger partial charge is 0.330 e. The molecule has 0 saturated carbocycles. The molecule has 0 unspecified atom stereocenters. The number of halogens is 9. The van der Waals surface area contributed by atoms with Gasteiger partial charge in [0.1, 0.15) is 0 Å². The molecule has 5 rings (SSSR count). The summed E-state index contributed by atoms with van der Waals surface area (Å²) in [5.74, 6) is -0.172. The van der Waals surface area contributed by atoms with Crippen LogP contribution in [0.5, 0.6) is 0 Å². The predicted octanol–water partition coefficient (Wildman–Crippen LogP) is 7.33. The van der Waals surface area contributed by atoms with Gasteiger partial charge in [-0.2, -0.15) is 49.4 Å². The summed E-state index contributed by atoms with van der Waals surface area (Å²) in [6, 6.07) is 12.5. The SMILES string of the molecule is Cn1nnc(N(Cc2cc(C(F)(F)F)cc(C(F)(F)F)c2)Cc2ccccc2-c2cccc(-n3cccn3)c2C(F)(F)F)n1. The van der Waals surface area contributed by atoms with Gasteiger partial charge < -0.3 is 4.90 Å². The summed E-state index contributed by atoms with van der Waals surface area (Å²) in [5.41, 5.74) is -4.49. The standard InChI is InChI=1S/C28H20F9N7/c1-42-40-25(39-41-42)43(15-17-12-19(26(29,30)31)14-20(13-17)27(32,33)34)16-18-6-2-3-7-21(18)22-8-4-9-23(24(22)28(35,36)37)44-11-5-10-38-44/h2-14H,15-16H2,1H3. The van der Waals surface area contributed by atoms with E-state index in [1.165, 1.54) is 72.9 Å². The van der Waals surface area contributed by atoms with Gasteiger partial charge in [-0.1, -0.05) is 41.5 Å². The fraction of sp³-hybridized carbons (Fsp3) is 0.214. The third-order valence-electron chi connectivity index (χ3n) is 6.55. The summed E-state index contributed by atoms with van der Waals surface area (Å²) < 4.78 is 126. The predicted molar refractivity (Wildman–Crippen MR) is 139 cm³/mol. The summed E-state index contributed by atoms with van der Waals surface area (Å²) in [6.45, 7) is -0.866. The van der Waals surface area contributed by atoms with Crippen molar-refractivity contribution in [3.63, 3.8) is 0 Å². The Hall–Kier alpha value is -4.89. The molecule has 3 aromatic carbocycles. The maximum Gasteiger partial charge on any atom is 0.419 e. The van der Waals surface area contributed by atoms with Gasteiger partial charge in [-0.25, -0.2) is 4.68 Å². The van der Waals surface area contributed by atoms with Crippen LogP contribution in [0.2, 0.25) is 0 Å². The number of hydrogen-bond acceptors (Lipinski definition) is 5. The topological polar surface area (TPSA) is 64.7 Å². The Morgan fingerprint density at radius 2 is 1.39 bits per heavy atom. The highest BCUT2D eigenvalue weighted by atomic mass is 19.4. The second kappa shape index (κ2) is 11.3. The fourth-order valence-electron chi connectivity index (χ4n) is 4.72. The lowest BCUT2D eigenvalue weighted by molar-refractivity contribution is -0.143. The van der Waals surface area contributed by atoms with Crippen molar-refractivity contribution in [1.82, 2.24) is 30.0 Å². The summed E-state index contributed by atoms with van der Waals surface area (Å²) in [4.78, 5) is 2.25. The zero-order chi connectivity index (χ0) is 31.9. The minimum atomic E-state index is -5.08. The van der Waals surface area contributed by atoms with Crippen molar-refractivity contribution in [2.75, 3.05) is 4.90 Å². The molecule has 0 aliphatic heterocycles. The van der Waals surface area contributed by atoms with Gasteiger partial charge in [0.15, 0.2) is 0 Å². The molecule has 0 N–H and O–H groups in total. The molecule has 2 heterocycles. The maximum absolute atomic E-state index is 14.5. The van der Waals surface area contributed by atoms with E-state index in [0.29, 0.717) is 12.1 Å². The molecular weight excluding hydrogens is 605 g/mol. The third kappa shape index (κ3) is 6.53. The first-order valence-electron chi connectivity index (χ1n) is 12.7. The number of aromatic nitrogens is 6. The molecule has 7 nitrogen and oxygen atoms in total. The number of alkyl halides is 9. The average molecular weight is 625 g/mol. The van der Waals surface area contributed by atoms with E-state index in [9.17, 15) is 39.5 Å². The highest BCUT2D eigenvalue weighted by Gasteiger charge is 2.39. The van der Waals surface area contributed by atoms with E-state index in [2.05, 4.69) is 20.5 Å². The highest BCUT2D eigenvalue weighted by molar-refractivity contribution is 5.75. The van der Waals surface area contributed by atoms with Gasteiger partial charge in [-0.15, -0.1) is 5.10 Å². The first-order valence-corrected chi connectivity index (χ1v) is 12.7. The molecule has 16 heteroatoms. The molecule has 0 spiro atoms. The molecule has 2 aromatic heterocycles. The van der Waals surface area contributed by atoms with Gasteiger partial charge >= 0.3 is 18.5 Å². The summed E-state index contributed by atoms with van der Waals surface area (Å²) in [5, 5.41) is 15.5. The Kier molecular flexibility index (Phi) is 7.86. The van der Waals surface area contributed by atoms with E-state index >= 15 is 0 Å². The van der Waals surface area contributed by atoms with Gasteiger partial charge in [0.25, 0.3) is 5.95 Å². The first-order chi connectivity index (χ1) is 20.6. The van der Waals surface area contributed by atoms with Crippen molar-refractivity contribution < 1.29 is 39.5 Å². The van der Waals surface area contributed by atoms with Crippen LogP contribution in [0.4, 0.5) is 45.5 Å². The van der Waals surface area contributed by atoms with Crippen molar-refractivity contribution >= 4 is 5.95 Å². The van der Waals surface area contributed by atoms with Crippen LogP contribution < -0.4 is 4.90 Å². The van der Waals surface area contributed by atoms with Crippen LogP contribution in [0.25, 0.3) is 16.8 Å². The lowest BCUT2D eigenvalue weighted by Gasteiger charge is -2.25. The van der Waals surface area contributed by atoms with Crippen molar-refractivity contribution in [3.05, 3.63) is 107 Å².